The Morgan fingerprint density at radius 2 is 2.05 bits per heavy atom. The molecule has 1 heterocycles. The molecule has 0 spiro atoms. The van der Waals surface area contributed by atoms with Crippen LogP contribution in [0.2, 0.25) is 0 Å². The van der Waals surface area contributed by atoms with Gasteiger partial charge in [-0.1, -0.05) is 13.0 Å². The molecule has 20 heavy (non-hydrogen) atoms. The van der Waals surface area contributed by atoms with E-state index >= 15 is 0 Å². The van der Waals surface area contributed by atoms with Gasteiger partial charge >= 0.3 is 0 Å². The second-order valence-corrected chi connectivity index (χ2v) is 5.72. The van der Waals surface area contributed by atoms with Crippen LogP contribution >= 0.6 is 0 Å². The van der Waals surface area contributed by atoms with Gasteiger partial charge in [0.05, 0.1) is 13.2 Å². The molecule has 1 aliphatic rings. The molecule has 0 atom stereocenters. The maximum atomic E-state index is 12.3. The van der Waals surface area contributed by atoms with Crippen LogP contribution in [0.3, 0.4) is 0 Å². The molecule has 0 aliphatic carbocycles. The Labute approximate surface area is 121 Å². The molecule has 1 aliphatic heterocycles. The minimum Gasteiger partial charge on any atom is -0.384 e. The number of benzene rings is 1. The number of carbonyl (C=O) groups is 1. The van der Waals surface area contributed by atoms with Crippen LogP contribution in [0.25, 0.3) is 0 Å². The molecule has 4 nitrogen and oxygen atoms in total. The average molecular weight is 276 g/mol. The molecular formula is C16H24N2O2. The smallest absolute Gasteiger partial charge is 0.253 e. The summed E-state index contributed by atoms with van der Waals surface area (Å²) in [4.78, 5) is 14.1. The number of rotatable bonds is 6. The molecule has 1 aromatic rings. The Balaban J connectivity index is 2.01. The predicted octanol–water partition coefficient (Wildman–Crippen LogP) is 2.62. The van der Waals surface area contributed by atoms with E-state index in [2.05, 4.69) is 12.2 Å². The van der Waals surface area contributed by atoms with Crippen molar-refractivity contribution in [3.05, 3.63) is 29.8 Å². The van der Waals surface area contributed by atoms with Crippen molar-refractivity contribution in [1.29, 1.82) is 0 Å². The van der Waals surface area contributed by atoms with Crippen molar-refractivity contribution in [1.82, 2.24) is 4.90 Å². The molecule has 0 radical (unpaired) electrons. The van der Waals surface area contributed by atoms with Gasteiger partial charge in [0.25, 0.3) is 5.91 Å². The third kappa shape index (κ3) is 3.31. The van der Waals surface area contributed by atoms with Gasteiger partial charge in [-0.3, -0.25) is 4.79 Å². The lowest BCUT2D eigenvalue weighted by Gasteiger charge is -2.38. The summed E-state index contributed by atoms with van der Waals surface area (Å²) in [6, 6.07) is 7.74. The van der Waals surface area contributed by atoms with Crippen molar-refractivity contribution in [3.63, 3.8) is 0 Å². The van der Waals surface area contributed by atoms with E-state index in [1.165, 1.54) is 0 Å². The van der Waals surface area contributed by atoms with Crippen LogP contribution < -0.4 is 5.32 Å². The van der Waals surface area contributed by atoms with Gasteiger partial charge in [0.1, 0.15) is 0 Å². The van der Waals surface area contributed by atoms with Gasteiger partial charge in [-0.25, -0.2) is 0 Å². The van der Waals surface area contributed by atoms with Gasteiger partial charge in [0.15, 0.2) is 0 Å². The SMILES string of the molecule is CCN(CC)C(=O)c1cccc(NCC2(C)COC2)c1. The Hall–Kier alpha value is -1.55. The van der Waals surface area contributed by atoms with E-state index in [1.807, 2.05) is 43.0 Å². The molecule has 1 saturated heterocycles. The molecule has 0 bridgehead atoms. The highest BCUT2D eigenvalue weighted by atomic mass is 16.5. The van der Waals surface area contributed by atoms with E-state index < -0.39 is 0 Å². The van der Waals surface area contributed by atoms with Crippen molar-refractivity contribution < 1.29 is 9.53 Å². The highest BCUT2D eigenvalue weighted by Crippen LogP contribution is 2.27. The molecule has 4 heteroatoms. The zero-order valence-corrected chi connectivity index (χ0v) is 12.6. The van der Waals surface area contributed by atoms with Crippen molar-refractivity contribution in [2.45, 2.75) is 20.8 Å². The van der Waals surface area contributed by atoms with E-state index in [0.29, 0.717) is 0 Å². The van der Waals surface area contributed by atoms with Gasteiger partial charge in [-0.05, 0) is 32.0 Å². The van der Waals surface area contributed by atoms with Gasteiger partial charge in [-0.2, -0.15) is 0 Å². The molecule has 2 rings (SSSR count). The van der Waals surface area contributed by atoms with Crippen LogP contribution in [0.15, 0.2) is 24.3 Å². The van der Waals surface area contributed by atoms with Crippen molar-refractivity contribution in [2.75, 3.05) is 38.2 Å². The van der Waals surface area contributed by atoms with Crippen LogP contribution in [0.1, 0.15) is 31.1 Å². The molecule has 0 aromatic heterocycles. The first-order valence-corrected chi connectivity index (χ1v) is 7.29. The fourth-order valence-electron chi connectivity index (χ4n) is 2.32. The highest BCUT2D eigenvalue weighted by Gasteiger charge is 2.32. The summed E-state index contributed by atoms with van der Waals surface area (Å²) >= 11 is 0. The Morgan fingerprint density at radius 1 is 1.35 bits per heavy atom. The van der Waals surface area contributed by atoms with E-state index in [-0.39, 0.29) is 11.3 Å². The lowest BCUT2D eigenvalue weighted by atomic mass is 9.88. The van der Waals surface area contributed by atoms with Crippen LogP contribution in [-0.4, -0.2) is 43.7 Å². The summed E-state index contributed by atoms with van der Waals surface area (Å²) in [6.45, 7) is 10.2. The molecule has 1 amide bonds. The largest absolute Gasteiger partial charge is 0.384 e. The Kier molecular flexibility index (Phi) is 4.65. The summed E-state index contributed by atoms with van der Waals surface area (Å²) in [5.74, 6) is 0.0943. The fraction of sp³-hybridized carbons (Fsp3) is 0.562. The minimum atomic E-state index is 0.0943. The fourth-order valence-corrected chi connectivity index (χ4v) is 2.32. The monoisotopic (exact) mass is 276 g/mol. The number of anilines is 1. The predicted molar refractivity (Wildman–Crippen MR) is 81.1 cm³/mol. The first kappa shape index (κ1) is 14.9. The topological polar surface area (TPSA) is 41.6 Å². The number of ether oxygens (including phenoxy) is 1. The standard InChI is InChI=1S/C16H24N2O2/c1-4-18(5-2)15(19)13-7-6-8-14(9-13)17-10-16(3)11-20-12-16/h6-9,17H,4-5,10-12H2,1-3H3. The van der Waals surface area contributed by atoms with E-state index in [0.717, 1.165) is 44.1 Å². The van der Waals surface area contributed by atoms with Gasteiger partial charge in [-0.15, -0.1) is 0 Å². The maximum Gasteiger partial charge on any atom is 0.253 e. The molecule has 1 fully saturated rings. The van der Waals surface area contributed by atoms with Crippen molar-refractivity contribution >= 4 is 11.6 Å². The zero-order chi connectivity index (χ0) is 14.6. The highest BCUT2D eigenvalue weighted by molar-refractivity contribution is 5.95. The van der Waals surface area contributed by atoms with Gasteiger partial charge in [0.2, 0.25) is 0 Å². The lowest BCUT2D eigenvalue weighted by Crippen LogP contribution is -2.45. The zero-order valence-electron chi connectivity index (χ0n) is 12.6. The number of carbonyl (C=O) groups excluding carboxylic acids is 1. The van der Waals surface area contributed by atoms with E-state index in [1.54, 1.807) is 0 Å². The number of hydrogen-bond acceptors (Lipinski definition) is 3. The second-order valence-electron chi connectivity index (χ2n) is 5.72. The Bertz CT molecular complexity index is 465. The van der Waals surface area contributed by atoms with Crippen LogP contribution in [0.4, 0.5) is 5.69 Å². The molecule has 0 saturated carbocycles. The summed E-state index contributed by atoms with van der Waals surface area (Å²) in [5.41, 5.74) is 1.96. The van der Waals surface area contributed by atoms with Crippen molar-refractivity contribution in [3.8, 4) is 0 Å². The molecule has 110 valence electrons. The maximum absolute atomic E-state index is 12.3. The molecule has 0 unspecified atom stereocenters. The second kappa shape index (κ2) is 6.27. The van der Waals surface area contributed by atoms with Crippen LogP contribution in [-0.2, 0) is 4.74 Å². The van der Waals surface area contributed by atoms with E-state index in [9.17, 15) is 4.79 Å². The number of nitrogens with one attached hydrogen (secondary N) is 1. The van der Waals surface area contributed by atoms with Crippen molar-refractivity contribution in [2.24, 2.45) is 5.41 Å². The summed E-state index contributed by atoms with van der Waals surface area (Å²) in [6.07, 6.45) is 0. The normalized spacial score (nSPS) is 16.4. The van der Waals surface area contributed by atoms with Gasteiger partial charge in [0, 0.05) is 36.3 Å². The third-order valence-electron chi connectivity index (χ3n) is 3.78. The average Bonchev–Trinajstić information content (AvgIpc) is 2.44. The third-order valence-corrected chi connectivity index (χ3v) is 3.78. The van der Waals surface area contributed by atoms with Crippen LogP contribution in [0.5, 0.6) is 0 Å². The summed E-state index contributed by atoms with van der Waals surface area (Å²) in [7, 11) is 0. The number of nitrogens with zero attached hydrogens (tertiary/aromatic N) is 1. The number of amides is 1. The van der Waals surface area contributed by atoms with Crippen LogP contribution in [0, 0.1) is 5.41 Å². The number of hydrogen-bond donors (Lipinski definition) is 1. The molecule has 1 aromatic carbocycles. The lowest BCUT2D eigenvalue weighted by molar-refractivity contribution is -0.0924. The van der Waals surface area contributed by atoms with Gasteiger partial charge < -0.3 is 15.0 Å². The first-order chi connectivity index (χ1) is 9.58. The first-order valence-electron chi connectivity index (χ1n) is 7.29. The molecular weight excluding hydrogens is 252 g/mol. The summed E-state index contributed by atoms with van der Waals surface area (Å²) in [5, 5.41) is 3.41. The van der Waals surface area contributed by atoms with E-state index in [4.69, 9.17) is 4.74 Å². The minimum absolute atomic E-state index is 0.0943. The summed E-state index contributed by atoms with van der Waals surface area (Å²) < 4.78 is 5.25. The quantitative estimate of drug-likeness (QED) is 0.868. The Morgan fingerprint density at radius 3 is 2.60 bits per heavy atom. The molecule has 1 N–H and O–H groups in total.